The van der Waals surface area contributed by atoms with Crippen molar-refractivity contribution in [2.24, 2.45) is 5.73 Å². The minimum atomic E-state index is -3.50. The SMILES string of the molecule is NCCCCCCNS(=O)(=O)c1ccc2ccccc2c1Br. The summed E-state index contributed by atoms with van der Waals surface area (Å²) in [6.45, 7) is 1.14. The summed E-state index contributed by atoms with van der Waals surface area (Å²) >= 11 is 3.43. The Morgan fingerprint density at radius 2 is 1.73 bits per heavy atom. The molecule has 0 spiro atoms. The predicted molar refractivity (Wildman–Crippen MR) is 94.4 cm³/mol. The highest BCUT2D eigenvalue weighted by Gasteiger charge is 2.18. The van der Waals surface area contributed by atoms with E-state index in [1.165, 1.54) is 0 Å². The summed E-state index contributed by atoms with van der Waals surface area (Å²) in [7, 11) is -3.50. The molecule has 2 aromatic rings. The standard InChI is InChI=1S/C16H21BrN2O2S/c17-16-14-8-4-3-7-13(14)9-10-15(16)22(20,21)19-12-6-2-1-5-11-18/h3-4,7-10,19H,1-2,5-6,11-12,18H2. The number of fused-ring (bicyclic) bond motifs is 1. The van der Waals surface area contributed by atoms with Crippen molar-refractivity contribution in [2.45, 2.75) is 30.6 Å². The molecule has 0 aliphatic carbocycles. The Hall–Kier alpha value is -0.950. The summed E-state index contributed by atoms with van der Waals surface area (Å²) in [6.07, 6.45) is 3.84. The average Bonchev–Trinajstić information content (AvgIpc) is 2.51. The molecule has 0 fully saturated rings. The van der Waals surface area contributed by atoms with Gasteiger partial charge in [-0.2, -0.15) is 0 Å². The van der Waals surface area contributed by atoms with Crippen LogP contribution in [0.2, 0.25) is 0 Å². The van der Waals surface area contributed by atoms with E-state index in [1.807, 2.05) is 30.3 Å². The van der Waals surface area contributed by atoms with Crippen molar-refractivity contribution >= 4 is 36.7 Å². The van der Waals surface area contributed by atoms with Crippen LogP contribution in [0.4, 0.5) is 0 Å². The molecule has 0 aromatic heterocycles. The molecule has 4 nitrogen and oxygen atoms in total. The first-order valence-corrected chi connectivity index (χ1v) is 9.71. The fraction of sp³-hybridized carbons (Fsp3) is 0.375. The van der Waals surface area contributed by atoms with E-state index in [-0.39, 0.29) is 4.90 Å². The van der Waals surface area contributed by atoms with Gasteiger partial charge in [-0.15, -0.1) is 0 Å². The molecular weight excluding hydrogens is 364 g/mol. The molecular formula is C16H21BrN2O2S. The highest BCUT2D eigenvalue weighted by molar-refractivity contribution is 9.10. The highest BCUT2D eigenvalue weighted by Crippen LogP contribution is 2.30. The van der Waals surface area contributed by atoms with Gasteiger partial charge in [-0.05, 0) is 52.2 Å². The molecule has 2 rings (SSSR count). The van der Waals surface area contributed by atoms with Crippen LogP contribution in [-0.2, 0) is 10.0 Å². The molecule has 0 amide bonds. The fourth-order valence-electron chi connectivity index (χ4n) is 2.33. The quantitative estimate of drug-likeness (QED) is 0.684. The zero-order valence-corrected chi connectivity index (χ0v) is 14.8. The van der Waals surface area contributed by atoms with Gasteiger partial charge in [-0.25, -0.2) is 13.1 Å². The molecule has 2 aromatic carbocycles. The Morgan fingerprint density at radius 3 is 2.50 bits per heavy atom. The summed E-state index contributed by atoms with van der Waals surface area (Å²) in [4.78, 5) is 0.285. The Bertz CT molecular complexity index is 732. The molecule has 0 bridgehead atoms. The summed E-state index contributed by atoms with van der Waals surface area (Å²) in [5.41, 5.74) is 5.43. The normalized spacial score (nSPS) is 11.9. The lowest BCUT2D eigenvalue weighted by Crippen LogP contribution is -2.25. The third kappa shape index (κ3) is 4.29. The van der Waals surface area contributed by atoms with Crippen LogP contribution in [0.3, 0.4) is 0 Å². The van der Waals surface area contributed by atoms with Gasteiger partial charge in [0.15, 0.2) is 0 Å². The third-order valence-corrected chi connectivity index (χ3v) is 6.16. The van der Waals surface area contributed by atoms with Crippen LogP contribution in [0.15, 0.2) is 45.8 Å². The molecule has 0 radical (unpaired) electrons. The third-order valence-electron chi connectivity index (χ3n) is 3.54. The molecule has 0 saturated heterocycles. The van der Waals surface area contributed by atoms with Crippen molar-refractivity contribution in [3.05, 3.63) is 40.9 Å². The van der Waals surface area contributed by atoms with Crippen LogP contribution < -0.4 is 10.5 Å². The van der Waals surface area contributed by atoms with E-state index in [1.54, 1.807) is 6.07 Å². The number of halogens is 1. The van der Waals surface area contributed by atoms with Gasteiger partial charge in [0.25, 0.3) is 0 Å². The second-order valence-electron chi connectivity index (χ2n) is 5.20. The van der Waals surface area contributed by atoms with E-state index >= 15 is 0 Å². The van der Waals surface area contributed by atoms with E-state index in [2.05, 4.69) is 20.7 Å². The van der Waals surface area contributed by atoms with E-state index < -0.39 is 10.0 Å². The summed E-state index contributed by atoms with van der Waals surface area (Å²) in [5.74, 6) is 0. The number of nitrogens with one attached hydrogen (secondary N) is 1. The van der Waals surface area contributed by atoms with Crippen LogP contribution in [0.1, 0.15) is 25.7 Å². The van der Waals surface area contributed by atoms with Gasteiger partial charge in [-0.1, -0.05) is 43.2 Å². The Labute approximate surface area is 140 Å². The topological polar surface area (TPSA) is 72.2 Å². The van der Waals surface area contributed by atoms with Gasteiger partial charge in [0, 0.05) is 11.0 Å². The molecule has 0 atom stereocenters. The minimum Gasteiger partial charge on any atom is -0.330 e. The first-order chi connectivity index (χ1) is 10.6. The lowest BCUT2D eigenvalue weighted by molar-refractivity contribution is 0.572. The fourth-order valence-corrected chi connectivity index (χ4v) is 4.62. The monoisotopic (exact) mass is 384 g/mol. The van der Waals surface area contributed by atoms with Crippen molar-refractivity contribution < 1.29 is 8.42 Å². The van der Waals surface area contributed by atoms with E-state index in [0.717, 1.165) is 36.5 Å². The van der Waals surface area contributed by atoms with Crippen molar-refractivity contribution in [1.29, 1.82) is 0 Å². The van der Waals surface area contributed by atoms with Crippen LogP contribution in [0.5, 0.6) is 0 Å². The molecule has 6 heteroatoms. The summed E-state index contributed by atoms with van der Waals surface area (Å²) in [6, 6.07) is 11.2. The molecule has 3 N–H and O–H groups in total. The summed E-state index contributed by atoms with van der Waals surface area (Å²) in [5, 5.41) is 1.91. The molecule has 22 heavy (non-hydrogen) atoms. The highest BCUT2D eigenvalue weighted by atomic mass is 79.9. The Morgan fingerprint density at radius 1 is 1.00 bits per heavy atom. The number of nitrogens with two attached hydrogens (primary N) is 1. The van der Waals surface area contributed by atoms with Crippen molar-refractivity contribution in [2.75, 3.05) is 13.1 Å². The average molecular weight is 385 g/mol. The van der Waals surface area contributed by atoms with Crippen LogP contribution in [0, 0.1) is 0 Å². The molecule has 0 saturated carbocycles. The van der Waals surface area contributed by atoms with Crippen molar-refractivity contribution in [3.63, 3.8) is 0 Å². The minimum absolute atomic E-state index is 0.285. The maximum Gasteiger partial charge on any atom is 0.241 e. The Balaban J connectivity index is 2.08. The zero-order chi connectivity index (χ0) is 16.0. The lowest BCUT2D eigenvalue weighted by atomic mass is 10.1. The number of hydrogen-bond acceptors (Lipinski definition) is 3. The maximum atomic E-state index is 12.4. The molecule has 0 heterocycles. The summed E-state index contributed by atoms with van der Waals surface area (Å²) < 4.78 is 28.1. The van der Waals surface area contributed by atoms with Crippen LogP contribution in [-0.4, -0.2) is 21.5 Å². The molecule has 120 valence electrons. The Kier molecular flexibility index (Phi) is 6.37. The van der Waals surface area contributed by atoms with Crippen LogP contribution in [0.25, 0.3) is 10.8 Å². The lowest BCUT2D eigenvalue weighted by Gasteiger charge is -2.10. The number of rotatable bonds is 8. The van der Waals surface area contributed by atoms with Crippen molar-refractivity contribution in [1.82, 2.24) is 4.72 Å². The molecule has 0 aliphatic heterocycles. The first kappa shape index (κ1) is 17.4. The maximum absolute atomic E-state index is 12.4. The van der Waals surface area contributed by atoms with Gasteiger partial charge >= 0.3 is 0 Å². The number of sulfonamides is 1. The van der Waals surface area contributed by atoms with Gasteiger partial charge in [0.1, 0.15) is 0 Å². The largest absolute Gasteiger partial charge is 0.330 e. The number of unbranched alkanes of at least 4 members (excludes halogenated alkanes) is 3. The van der Waals surface area contributed by atoms with Crippen molar-refractivity contribution in [3.8, 4) is 0 Å². The van der Waals surface area contributed by atoms with E-state index in [0.29, 0.717) is 17.6 Å². The van der Waals surface area contributed by atoms with Crippen LogP contribution >= 0.6 is 15.9 Å². The van der Waals surface area contributed by atoms with E-state index in [4.69, 9.17) is 5.73 Å². The number of benzene rings is 2. The van der Waals surface area contributed by atoms with Gasteiger partial charge in [-0.3, -0.25) is 0 Å². The van der Waals surface area contributed by atoms with Gasteiger partial charge in [0.05, 0.1) is 4.90 Å². The second kappa shape index (κ2) is 8.06. The number of hydrogen-bond donors (Lipinski definition) is 2. The molecule has 0 aliphatic rings. The van der Waals surface area contributed by atoms with E-state index in [9.17, 15) is 8.42 Å². The first-order valence-electron chi connectivity index (χ1n) is 7.43. The van der Waals surface area contributed by atoms with Gasteiger partial charge < -0.3 is 5.73 Å². The smallest absolute Gasteiger partial charge is 0.241 e. The van der Waals surface area contributed by atoms with Gasteiger partial charge in [0.2, 0.25) is 10.0 Å². The second-order valence-corrected chi connectivity index (χ2v) is 7.73. The predicted octanol–water partition coefficient (Wildman–Crippen LogP) is 3.40. The molecule has 0 unspecified atom stereocenters. The zero-order valence-electron chi connectivity index (χ0n) is 12.4.